The number of carboxylic acids is 1. The van der Waals surface area contributed by atoms with Gasteiger partial charge >= 0.3 is 5.97 Å². The number of hydrogen-bond acceptors (Lipinski definition) is 18. The Kier molecular flexibility index (Phi) is 14.5. The summed E-state index contributed by atoms with van der Waals surface area (Å²) in [6.07, 6.45) is -2.61. The number of nitrogens with one attached hydrogen (secondary N) is 5. The molecule has 0 fully saturated rings. The van der Waals surface area contributed by atoms with Gasteiger partial charge in [-0.3, -0.25) is 28.8 Å². The summed E-state index contributed by atoms with van der Waals surface area (Å²) < 4.78 is 18.4. The zero-order valence-corrected chi connectivity index (χ0v) is 44.7. The highest BCUT2D eigenvalue weighted by Gasteiger charge is 2.41. The maximum Gasteiger partial charge on any atom is 0.330 e. The van der Waals surface area contributed by atoms with E-state index in [2.05, 4.69) is 31.6 Å². The summed E-state index contributed by atoms with van der Waals surface area (Å²) in [6.45, 7) is 0. The van der Waals surface area contributed by atoms with E-state index in [1.54, 1.807) is 0 Å². The third-order valence-electron chi connectivity index (χ3n) is 14.2. The van der Waals surface area contributed by atoms with Crippen molar-refractivity contribution in [2.75, 3.05) is 0 Å². The lowest BCUT2D eigenvalue weighted by atomic mass is 9.89. The largest absolute Gasteiger partial charge is 0.508 e. The number of amides is 6. The van der Waals surface area contributed by atoms with Gasteiger partial charge in [-0.15, -0.1) is 0 Å². The van der Waals surface area contributed by atoms with Crippen molar-refractivity contribution in [3.05, 3.63) is 164 Å². The number of phenols is 6. The van der Waals surface area contributed by atoms with Crippen LogP contribution in [0.1, 0.15) is 75.3 Å². The number of nitrogens with two attached hydrogens (primary N) is 1. The summed E-state index contributed by atoms with van der Waals surface area (Å²) in [7, 11) is 0. The average Bonchev–Trinajstić information content (AvgIpc) is 3.65. The monoisotopic (exact) mass is 1200 g/mol. The number of fused-ring (bicyclic) bond motifs is 14. The van der Waals surface area contributed by atoms with Crippen molar-refractivity contribution in [1.29, 1.82) is 0 Å². The van der Waals surface area contributed by atoms with E-state index >= 15 is 14.4 Å². The number of carbonyl (C=O) groups is 7. The van der Waals surface area contributed by atoms with Crippen LogP contribution in [0.2, 0.25) is 10.0 Å². The van der Waals surface area contributed by atoms with Crippen LogP contribution in [0.15, 0.2) is 120 Å². The van der Waals surface area contributed by atoms with Crippen LogP contribution in [0, 0.1) is 0 Å². The van der Waals surface area contributed by atoms with Crippen molar-refractivity contribution < 1.29 is 88.6 Å². The van der Waals surface area contributed by atoms with Crippen LogP contribution in [0.3, 0.4) is 0 Å². The topological polar surface area (TPSA) is 408 Å². The Morgan fingerprint density at radius 2 is 1.13 bits per heavy atom. The van der Waals surface area contributed by atoms with Crippen LogP contribution in [-0.4, -0.2) is 94.0 Å². The molecule has 13 rings (SSSR count). The number of halogens is 2. The van der Waals surface area contributed by atoms with Crippen LogP contribution in [0.4, 0.5) is 0 Å². The molecular weight excluding hydrogens is 1150 g/mol. The Labute approximate surface area is 487 Å². The zero-order chi connectivity index (χ0) is 60.4. The van der Waals surface area contributed by atoms with E-state index in [9.17, 15) is 60.0 Å². The van der Waals surface area contributed by atoms with Crippen molar-refractivity contribution in [3.8, 4) is 80.1 Å². The smallest absolute Gasteiger partial charge is 0.330 e. The van der Waals surface area contributed by atoms with E-state index in [-0.39, 0.29) is 66.4 Å². The van der Waals surface area contributed by atoms with E-state index < -0.39 is 159 Å². The summed E-state index contributed by atoms with van der Waals surface area (Å²) in [5.74, 6) is -15.4. The lowest BCUT2D eigenvalue weighted by Gasteiger charge is -2.31. The van der Waals surface area contributed by atoms with Crippen LogP contribution >= 0.6 is 23.2 Å². The quantitative estimate of drug-likeness (QED) is 0.0969. The van der Waals surface area contributed by atoms with Crippen LogP contribution < -0.4 is 46.5 Å². The molecule has 0 saturated carbocycles. The molecule has 0 saturated heterocycles. The maximum absolute atomic E-state index is 15.7. The van der Waals surface area contributed by atoms with E-state index in [1.807, 2.05) is 0 Å². The molecule has 6 amide bonds. The molecule has 7 aromatic rings. The number of rotatable bonds is 1. The van der Waals surface area contributed by atoms with E-state index in [4.69, 9.17) is 43.1 Å². The van der Waals surface area contributed by atoms with Gasteiger partial charge in [0.2, 0.25) is 29.4 Å². The molecule has 85 heavy (non-hydrogen) atoms. The van der Waals surface area contributed by atoms with E-state index in [0.717, 1.165) is 60.7 Å². The van der Waals surface area contributed by atoms with Crippen molar-refractivity contribution >= 4 is 70.3 Å². The molecule has 6 aliphatic rings. The number of aliphatic imine (C=N–C) groups is 1. The molecule has 7 aromatic carbocycles. The number of aromatic hydroxyl groups is 6. The number of aliphatic hydroxyl groups excluding tert-OH is 1. The average molecular weight is 1200 g/mol. The SMILES string of the molecule is N[C@H]1C(=O)N=C2Cc3ccc(c(Cl)c3)Oc3cc4cc(c3O)Oc3ccc(cc3Cl)[C@@H](O)[C@@H]3NC(=O)[C@H](NC(=O)[C@@H]4NC(=O)[C@@H](NC2=O)c2cc(O)cc(c2)Oc2cc1ccc2O)c1ccc(O)c(c1)-c1c(O)cc(O)cc1[C@@H](C(=O)O)NC3=O. The second-order valence-electron chi connectivity index (χ2n) is 19.9. The Balaban J connectivity index is 1.15. The minimum atomic E-state index is -2.20. The second-order valence-corrected chi connectivity index (χ2v) is 20.7. The Morgan fingerprint density at radius 1 is 0.541 bits per heavy atom. The number of nitrogens with zero attached hydrogens (tertiary/aromatic N) is 1. The van der Waals surface area contributed by atoms with Gasteiger partial charge in [0, 0.05) is 35.2 Å². The first-order chi connectivity index (χ1) is 40.5. The van der Waals surface area contributed by atoms with Crippen LogP contribution in [0.25, 0.3) is 11.1 Å². The highest BCUT2D eigenvalue weighted by molar-refractivity contribution is 6.41. The molecule has 6 aliphatic heterocycles. The molecule has 0 spiro atoms. The fraction of sp³-hybridized carbons (Fsp3) is 0.138. The summed E-state index contributed by atoms with van der Waals surface area (Å²) in [5, 5.41) is 102. The Bertz CT molecular complexity index is 4100. The molecule has 15 N–H and O–H groups in total. The highest BCUT2D eigenvalue weighted by Crippen LogP contribution is 2.48. The van der Waals surface area contributed by atoms with Crippen molar-refractivity contribution in [2.45, 2.75) is 48.8 Å². The molecule has 432 valence electrons. The van der Waals surface area contributed by atoms with Crippen LogP contribution in [-0.2, 0) is 40.0 Å². The predicted octanol–water partition coefficient (Wildman–Crippen LogP) is 5.47. The molecule has 6 heterocycles. The number of aliphatic hydroxyl groups is 1. The molecule has 0 aromatic heterocycles. The second kappa shape index (κ2) is 21.9. The minimum Gasteiger partial charge on any atom is -0.508 e. The van der Waals surface area contributed by atoms with Gasteiger partial charge in [-0.1, -0.05) is 47.5 Å². The third kappa shape index (κ3) is 10.9. The first kappa shape index (κ1) is 56.3. The standard InChI is InChI=1S/C58H43Cl2N7O18/c59-32-9-21-1-7-38(32)84-41-16-26-17-42(51(41)74)85-39-8-4-24(14-33(39)60)50(73)49-57(80)66-48(58(81)82)31-19-28(69)20-37(72)43(31)30-13-23(3-5-35(30)70)45(54(77)67-49)64-56(79)47(26)65-55(78)46-25-11-27(68)18-29(12-25)83-40-15-22(2-6-36(40)71)44(61)53(76)62-34(10-21)52(75)63-46/h1-9,11-20,44-50,68-74H,10,61H2,(H,63,75)(H,64,79)(H,65,78)(H,66,80)(H,67,77)(H,81,82)/t44-,45-,46+,47-,48+,49+,50-/m1/s1. The molecule has 7 atom stereocenters. The maximum atomic E-state index is 15.7. The first-order valence-corrected chi connectivity index (χ1v) is 26.1. The van der Waals surface area contributed by atoms with Crippen LogP contribution in [0.5, 0.6) is 69.0 Å². The normalized spacial score (nSPS) is 21.2. The number of carboxylic acid groups (broad SMARTS) is 1. The molecule has 27 heteroatoms. The summed E-state index contributed by atoms with van der Waals surface area (Å²) in [6, 6.07) is 9.30. The molecular formula is C58H43Cl2N7O18. The molecule has 0 unspecified atom stereocenters. The van der Waals surface area contributed by atoms with E-state index in [0.29, 0.717) is 0 Å². The van der Waals surface area contributed by atoms with Gasteiger partial charge in [0.15, 0.2) is 29.0 Å². The number of carbonyl (C=O) groups excluding carboxylic acids is 6. The van der Waals surface area contributed by atoms with Gasteiger partial charge in [-0.25, -0.2) is 9.79 Å². The van der Waals surface area contributed by atoms with Gasteiger partial charge in [0.05, 0.1) is 10.0 Å². The Morgan fingerprint density at radius 3 is 1.81 bits per heavy atom. The summed E-state index contributed by atoms with van der Waals surface area (Å²) in [4.78, 5) is 107. The Hall–Kier alpha value is -10.6. The van der Waals surface area contributed by atoms with Crippen molar-refractivity contribution in [3.63, 3.8) is 0 Å². The van der Waals surface area contributed by atoms with Crippen molar-refractivity contribution in [2.24, 2.45) is 10.7 Å². The number of phenolic OH excluding ortho intramolecular Hbond substituents is 6. The highest BCUT2D eigenvalue weighted by atomic mass is 35.5. The number of hydrogen-bond donors (Lipinski definition) is 14. The van der Waals surface area contributed by atoms with Gasteiger partial charge in [-0.05, 0) is 112 Å². The van der Waals surface area contributed by atoms with Gasteiger partial charge in [0.25, 0.3) is 11.8 Å². The van der Waals surface area contributed by atoms with Gasteiger partial charge in [0.1, 0.15) is 82.3 Å². The molecule has 0 aliphatic carbocycles. The number of aliphatic carboxylic acids is 1. The third-order valence-corrected chi connectivity index (χ3v) is 14.8. The number of benzene rings is 7. The van der Waals surface area contributed by atoms with Crippen molar-refractivity contribution in [1.82, 2.24) is 26.6 Å². The lowest BCUT2D eigenvalue weighted by molar-refractivity contribution is -0.143. The van der Waals surface area contributed by atoms with E-state index in [1.165, 1.54) is 54.6 Å². The zero-order valence-electron chi connectivity index (χ0n) is 43.2. The number of ether oxygens (including phenoxy) is 3. The molecule has 25 nitrogen and oxygen atoms in total. The van der Waals surface area contributed by atoms with Gasteiger partial charge in [-0.2, -0.15) is 0 Å². The molecule has 0 radical (unpaired) electrons. The fourth-order valence-electron chi connectivity index (χ4n) is 10.0. The lowest BCUT2D eigenvalue weighted by Crippen LogP contribution is -2.55. The van der Waals surface area contributed by atoms with Gasteiger partial charge < -0.3 is 87.4 Å². The fourth-order valence-corrected chi connectivity index (χ4v) is 10.5. The first-order valence-electron chi connectivity index (χ1n) is 25.3. The predicted molar refractivity (Wildman–Crippen MR) is 295 cm³/mol. The minimum absolute atomic E-state index is 0.0749. The summed E-state index contributed by atoms with van der Waals surface area (Å²) in [5.41, 5.74) is 3.64. The summed E-state index contributed by atoms with van der Waals surface area (Å²) >= 11 is 13.6. The molecule has 17 bridgehead atoms.